The Labute approximate surface area is 103 Å². The fourth-order valence-corrected chi connectivity index (χ4v) is 4.73. The molecule has 17 heavy (non-hydrogen) atoms. The maximum absolute atomic E-state index is 11.6. The third-order valence-electron chi connectivity index (χ3n) is 2.55. The van der Waals surface area contributed by atoms with Crippen LogP contribution in [0.4, 0.5) is 0 Å². The molecule has 0 spiro atoms. The number of hydrogen-bond donors (Lipinski definition) is 2. The zero-order chi connectivity index (χ0) is 12.9. The maximum Gasteiger partial charge on any atom is 0.213 e. The Kier molecular flexibility index (Phi) is 5.36. The van der Waals surface area contributed by atoms with E-state index in [1.54, 1.807) is 0 Å². The van der Waals surface area contributed by atoms with Crippen LogP contribution < -0.4 is 10.0 Å². The lowest BCUT2D eigenvalue weighted by molar-refractivity contribution is 0.558. The van der Waals surface area contributed by atoms with Crippen molar-refractivity contribution in [3.8, 4) is 0 Å². The minimum atomic E-state index is -3.37. The summed E-state index contributed by atoms with van der Waals surface area (Å²) >= 11 is 0. The molecule has 1 heterocycles. The molecule has 0 aliphatic carbocycles. The molecule has 8 heteroatoms. The first-order valence-electron chi connectivity index (χ1n) is 5.76. The van der Waals surface area contributed by atoms with E-state index in [0.717, 1.165) is 13.0 Å². The predicted octanol–water partition coefficient (Wildman–Crippen LogP) is -0.907. The topological polar surface area (TPSA) is 92.3 Å². The van der Waals surface area contributed by atoms with Gasteiger partial charge in [-0.2, -0.15) is 0 Å². The molecule has 0 radical (unpaired) electrons. The average molecular weight is 284 g/mol. The van der Waals surface area contributed by atoms with Crippen LogP contribution in [0.2, 0.25) is 0 Å². The Balaban J connectivity index is 2.35. The van der Waals surface area contributed by atoms with Gasteiger partial charge < -0.3 is 5.32 Å². The lowest BCUT2D eigenvalue weighted by atomic mass is 10.3. The summed E-state index contributed by atoms with van der Waals surface area (Å²) in [7, 11) is -6.41. The van der Waals surface area contributed by atoms with Crippen molar-refractivity contribution in [3.63, 3.8) is 0 Å². The first-order chi connectivity index (χ1) is 7.85. The Morgan fingerprint density at radius 1 is 1.29 bits per heavy atom. The second-order valence-corrected chi connectivity index (χ2v) is 8.39. The van der Waals surface area contributed by atoms with Crippen LogP contribution in [0, 0.1) is 0 Å². The van der Waals surface area contributed by atoms with Crippen LogP contribution >= 0.6 is 0 Å². The molecule has 0 aromatic heterocycles. The summed E-state index contributed by atoms with van der Waals surface area (Å²) in [6, 6.07) is -0.448. The van der Waals surface area contributed by atoms with Crippen molar-refractivity contribution < 1.29 is 16.8 Å². The number of sulfone groups is 1. The van der Waals surface area contributed by atoms with Gasteiger partial charge >= 0.3 is 0 Å². The summed E-state index contributed by atoms with van der Waals surface area (Å²) in [4.78, 5) is 0. The van der Waals surface area contributed by atoms with Crippen molar-refractivity contribution in [2.24, 2.45) is 0 Å². The molecular weight excluding hydrogens is 264 g/mol. The van der Waals surface area contributed by atoms with Gasteiger partial charge in [0.25, 0.3) is 0 Å². The van der Waals surface area contributed by atoms with Crippen molar-refractivity contribution in [2.45, 2.75) is 25.8 Å². The van der Waals surface area contributed by atoms with E-state index in [-0.39, 0.29) is 17.3 Å². The zero-order valence-corrected chi connectivity index (χ0v) is 11.6. The normalized spacial score (nSPS) is 23.9. The standard InChI is InChI=1S/C9H20N2O4S2/c1-2-4-10-5-7-17(14,15)11-9-3-6-16(12,13)8-9/h9-11H,2-8H2,1H3. The molecule has 0 amide bonds. The molecular formula is C9H20N2O4S2. The van der Waals surface area contributed by atoms with Gasteiger partial charge in [0.05, 0.1) is 17.3 Å². The Morgan fingerprint density at radius 2 is 2.00 bits per heavy atom. The van der Waals surface area contributed by atoms with Crippen molar-refractivity contribution in [1.82, 2.24) is 10.0 Å². The van der Waals surface area contributed by atoms with Crippen LogP contribution in [-0.4, -0.2) is 53.2 Å². The molecule has 1 fully saturated rings. The third kappa shape index (κ3) is 5.80. The Bertz CT molecular complexity index is 430. The highest BCUT2D eigenvalue weighted by Gasteiger charge is 2.30. The molecule has 0 aromatic carbocycles. The van der Waals surface area contributed by atoms with Crippen LogP contribution in [0.3, 0.4) is 0 Å². The van der Waals surface area contributed by atoms with E-state index in [0.29, 0.717) is 13.0 Å². The molecule has 1 saturated heterocycles. The van der Waals surface area contributed by atoms with Gasteiger partial charge in [-0.25, -0.2) is 21.6 Å². The second-order valence-electron chi connectivity index (χ2n) is 4.29. The van der Waals surface area contributed by atoms with E-state index < -0.39 is 25.9 Å². The average Bonchev–Trinajstić information content (AvgIpc) is 2.52. The highest BCUT2D eigenvalue weighted by atomic mass is 32.2. The van der Waals surface area contributed by atoms with Crippen molar-refractivity contribution >= 4 is 19.9 Å². The third-order valence-corrected chi connectivity index (χ3v) is 5.75. The first kappa shape index (κ1) is 14.9. The van der Waals surface area contributed by atoms with Gasteiger partial charge in [0.15, 0.2) is 9.84 Å². The predicted molar refractivity (Wildman–Crippen MR) is 67.1 cm³/mol. The van der Waals surface area contributed by atoms with Gasteiger partial charge in [0, 0.05) is 12.6 Å². The molecule has 1 unspecified atom stereocenters. The summed E-state index contributed by atoms with van der Waals surface area (Å²) in [5.74, 6) is -0.00750. The molecule has 1 aliphatic rings. The van der Waals surface area contributed by atoms with Gasteiger partial charge in [-0.1, -0.05) is 6.92 Å². The minimum absolute atomic E-state index is 0.0104. The second kappa shape index (κ2) is 6.12. The highest BCUT2D eigenvalue weighted by molar-refractivity contribution is 7.92. The van der Waals surface area contributed by atoms with E-state index in [9.17, 15) is 16.8 Å². The summed E-state index contributed by atoms with van der Waals surface area (Å²) in [5.41, 5.74) is 0. The maximum atomic E-state index is 11.6. The molecule has 0 bridgehead atoms. The lowest BCUT2D eigenvalue weighted by Gasteiger charge is -2.11. The fourth-order valence-electron chi connectivity index (χ4n) is 1.71. The SMILES string of the molecule is CCCNCCS(=O)(=O)NC1CCS(=O)(=O)C1. The highest BCUT2D eigenvalue weighted by Crippen LogP contribution is 2.12. The van der Waals surface area contributed by atoms with Gasteiger partial charge in [0.2, 0.25) is 10.0 Å². The van der Waals surface area contributed by atoms with Gasteiger partial charge in [-0.15, -0.1) is 0 Å². The van der Waals surface area contributed by atoms with Crippen LogP contribution in [0.5, 0.6) is 0 Å². The number of hydrogen-bond acceptors (Lipinski definition) is 5. The molecule has 102 valence electrons. The number of rotatable bonds is 7. The van der Waals surface area contributed by atoms with Gasteiger partial charge in [0.1, 0.15) is 0 Å². The van der Waals surface area contributed by atoms with Crippen molar-refractivity contribution in [3.05, 3.63) is 0 Å². The zero-order valence-electron chi connectivity index (χ0n) is 9.98. The summed E-state index contributed by atoms with van der Waals surface area (Å²) in [6.45, 7) is 3.18. The van der Waals surface area contributed by atoms with Crippen LogP contribution in [0.1, 0.15) is 19.8 Å². The molecule has 6 nitrogen and oxygen atoms in total. The van der Waals surface area contributed by atoms with E-state index in [1.165, 1.54) is 0 Å². The largest absolute Gasteiger partial charge is 0.316 e. The molecule has 0 aromatic rings. The fraction of sp³-hybridized carbons (Fsp3) is 1.00. The van der Waals surface area contributed by atoms with Crippen LogP contribution in [-0.2, 0) is 19.9 Å². The summed E-state index contributed by atoms with van der Waals surface area (Å²) in [5, 5.41) is 2.99. The number of sulfonamides is 1. The first-order valence-corrected chi connectivity index (χ1v) is 9.23. The quantitative estimate of drug-likeness (QED) is 0.591. The minimum Gasteiger partial charge on any atom is -0.316 e. The van der Waals surface area contributed by atoms with E-state index >= 15 is 0 Å². The molecule has 2 N–H and O–H groups in total. The van der Waals surface area contributed by atoms with Crippen LogP contribution in [0.15, 0.2) is 0 Å². The smallest absolute Gasteiger partial charge is 0.213 e. The van der Waals surface area contributed by atoms with E-state index in [4.69, 9.17) is 0 Å². The van der Waals surface area contributed by atoms with E-state index in [2.05, 4.69) is 10.0 Å². The van der Waals surface area contributed by atoms with Gasteiger partial charge in [-0.05, 0) is 19.4 Å². The van der Waals surface area contributed by atoms with Crippen molar-refractivity contribution in [2.75, 3.05) is 30.3 Å². The lowest BCUT2D eigenvalue weighted by Crippen LogP contribution is -2.39. The summed E-state index contributed by atoms with van der Waals surface area (Å²) in [6.07, 6.45) is 1.33. The van der Waals surface area contributed by atoms with Crippen LogP contribution in [0.25, 0.3) is 0 Å². The number of nitrogens with one attached hydrogen (secondary N) is 2. The molecule has 0 saturated carbocycles. The Morgan fingerprint density at radius 3 is 2.53 bits per heavy atom. The Hall–Kier alpha value is -0.180. The van der Waals surface area contributed by atoms with Crippen molar-refractivity contribution in [1.29, 1.82) is 0 Å². The summed E-state index contributed by atoms with van der Waals surface area (Å²) < 4.78 is 48.0. The monoisotopic (exact) mass is 284 g/mol. The molecule has 1 rings (SSSR count). The molecule has 1 atom stereocenters. The van der Waals surface area contributed by atoms with Gasteiger partial charge in [-0.3, -0.25) is 0 Å². The van der Waals surface area contributed by atoms with E-state index in [1.807, 2.05) is 6.92 Å². The molecule has 1 aliphatic heterocycles.